The van der Waals surface area contributed by atoms with E-state index in [1.165, 1.54) is 18.5 Å². The summed E-state index contributed by atoms with van der Waals surface area (Å²) in [5.74, 6) is 0. The van der Waals surface area contributed by atoms with Gasteiger partial charge in [0.25, 0.3) is 9.05 Å². The summed E-state index contributed by atoms with van der Waals surface area (Å²) < 4.78 is 22.4. The lowest BCUT2D eigenvalue weighted by atomic mass is 10.2. The second-order valence-electron chi connectivity index (χ2n) is 2.95. The van der Waals surface area contributed by atoms with Crippen LogP contribution in [0.1, 0.15) is 5.56 Å². The zero-order chi connectivity index (χ0) is 11.1. The molecule has 0 unspecified atom stereocenters. The minimum Gasteiger partial charge on any atom is -0.345 e. The van der Waals surface area contributed by atoms with Gasteiger partial charge in [-0.25, -0.2) is 13.4 Å². The Labute approximate surface area is 99.2 Å². The number of aromatic amines is 1. The predicted octanol–water partition coefficient (Wildman–Crippen LogP) is 2.39. The van der Waals surface area contributed by atoms with Crippen LogP contribution in [0.15, 0.2) is 23.4 Å². The topological polar surface area (TPSA) is 62.8 Å². The first-order valence-electron chi connectivity index (χ1n) is 3.99. The van der Waals surface area contributed by atoms with Crippen LogP contribution in [0.2, 0.25) is 0 Å². The molecule has 0 bridgehead atoms. The molecule has 4 nitrogen and oxygen atoms in total. The fraction of sp³-hybridized carbons (Fsp3) is 0.125. The van der Waals surface area contributed by atoms with E-state index in [2.05, 4.69) is 25.9 Å². The fourth-order valence-corrected chi connectivity index (χ4v) is 2.57. The van der Waals surface area contributed by atoms with Gasteiger partial charge in [-0.05, 0) is 17.7 Å². The Bertz CT molecular complexity index is 608. The number of nitrogens with zero attached hydrogens (tertiary/aromatic N) is 1. The lowest BCUT2D eigenvalue weighted by Gasteiger charge is -2.01. The number of nitrogens with one attached hydrogen (secondary N) is 1. The lowest BCUT2D eigenvalue weighted by molar-refractivity contribution is 0.609. The molecule has 0 radical (unpaired) electrons. The predicted molar refractivity (Wildman–Crippen MR) is 61.8 cm³/mol. The zero-order valence-corrected chi connectivity index (χ0v) is 10.5. The summed E-state index contributed by atoms with van der Waals surface area (Å²) in [7, 11) is 1.58. The number of H-pyrrole nitrogens is 1. The van der Waals surface area contributed by atoms with Crippen molar-refractivity contribution < 1.29 is 8.42 Å². The van der Waals surface area contributed by atoms with E-state index in [1.807, 2.05) is 0 Å². The number of halogens is 2. The highest BCUT2D eigenvalue weighted by Gasteiger charge is 2.14. The average Bonchev–Trinajstić information content (AvgIpc) is 2.62. The van der Waals surface area contributed by atoms with Crippen LogP contribution < -0.4 is 0 Å². The third-order valence-electron chi connectivity index (χ3n) is 2.00. The number of fused-ring (bicyclic) bond motifs is 1. The SMILES string of the molecule is O=S(=O)(Cl)c1cc(CBr)c2nc[nH]c2c1. The maximum atomic E-state index is 11.2. The fourth-order valence-electron chi connectivity index (χ4n) is 1.34. The van der Waals surface area contributed by atoms with Gasteiger partial charge in [0, 0.05) is 16.0 Å². The quantitative estimate of drug-likeness (QED) is 0.684. The van der Waals surface area contributed by atoms with E-state index < -0.39 is 9.05 Å². The smallest absolute Gasteiger partial charge is 0.261 e. The molecule has 1 N–H and O–H groups in total. The van der Waals surface area contributed by atoms with Crippen LogP contribution in [0, 0.1) is 0 Å². The van der Waals surface area contributed by atoms with Crippen molar-refractivity contribution in [3.8, 4) is 0 Å². The van der Waals surface area contributed by atoms with E-state index >= 15 is 0 Å². The van der Waals surface area contributed by atoms with Crippen LogP contribution in [0.5, 0.6) is 0 Å². The molecule has 0 fully saturated rings. The summed E-state index contributed by atoms with van der Waals surface area (Å²) >= 11 is 3.27. The Balaban J connectivity index is 2.80. The van der Waals surface area contributed by atoms with Crippen molar-refractivity contribution in [3.05, 3.63) is 24.0 Å². The van der Waals surface area contributed by atoms with Gasteiger partial charge in [0.1, 0.15) is 0 Å². The standard InChI is InChI=1S/C8H6BrClN2O2S/c9-3-5-1-6(15(10,13)14)2-7-8(5)12-4-11-7/h1-2,4H,3H2,(H,11,12). The molecule has 0 spiro atoms. The second-order valence-corrected chi connectivity index (χ2v) is 6.08. The van der Waals surface area contributed by atoms with Gasteiger partial charge in [0.05, 0.1) is 22.3 Å². The molecule has 0 aliphatic rings. The lowest BCUT2D eigenvalue weighted by Crippen LogP contribution is -1.93. The summed E-state index contributed by atoms with van der Waals surface area (Å²) in [6.07, 6.45) is 1.52. The molecule has 7 heteroatoms. The highest BCUT2D eigenvalue weighted by molar-refractivity contribution is 9.08. The number of hydrogen-bond acceptors (Lipinski definition) is 3. The third-order valence-corrected chi connectivity index (χ3v) is 3.94. The molecule has 0 atom stereocenters. The van der Waals surface area contributed by atoms with Gasteiger partial charge < -0.3 is 4.98 Å². The molecule has 0 saturated heterocycles. The number of imidazole rings is 1. The van der Waals surface area contributed by atoms with Crippen LogP contribution >= 0.6 is 26.6 Å². The molecule has 2 rings (SSSR count). The van der Waals surface area contributed by atoms with E-state index in [4.69, 9.17) is 10.7 Å². The first-order chi connectivity index (χ1) is 7.02. The van der Waals surface area contributed by atoms with Crippen LogP contribution in [-0.4, -0.2) is 18.4 Å². The molecule has 2 aromatic rings. The van der Waals surface area contributed by atoms with Crippen molar-refractivity contribution in [1.29, 1.82) is 0 Å². The highest BCUT2D eigenvalue weighted by atomic mass is 79.9. The summed E-state index contributed by atoms with van der Waals surface area (Å²) in [5, 5.41) is 0.522. The van der Waals surface area contributed by atoms with Crippen LogP contribution in [0.25, 0.3) is 11.0 Å². The largest absolute Gasteiger partial charge is 0.345 e. The van der Waals surface area contributed by atoms with E-state index in [9.17, 15) is 8.42 Å². The molecule has 0 aliphatic heterocycles. The molecule has 80 valence electrons. The third kappa shape index (κ3) is 2.02. The normalized spacial score (nSPS) is 12.1. The van der Waals surface area contributed by atoms with Crippen molar-refractivity contribution in [3.63, 3.8) is 0 Å². The van der Waals surface area contributed by atoms with E-state index in [0.29, 0.717) is 10.8 Å². The van der Waals surface area contributed by atoms with Gasteiger partial charge in [-0.3, -0.25) is 0 Å². The Kier molecular flexibility index (Phi) is 2.74. The minimum absolute atomic E-state index is 0.0790. The van der Waals surface area contributed by atoms with Crippen molar-refractivity contribution in [2.75, 3.05) is 0 Å². The van der Waals surface area contributed by atoms with Crippen LogP contribution in [0.3, 0.4) is 0 Å². The van der Waals surface area contributed by atoms with E-state index in [0.717, 1.165) is 11.1 Å². The van der Waals surface area contributed by atoms with Crippen molar-refractivity contribution in [2.24, 2.45) is 0 Å². The van der Waals surface area contributed by atoms with Gasteiger partial charge in [-0.1, -0.05) is 15.9 Å². The molecular formula is C8H6BrClN2O2S. The van der Waals surface area contributed by atoms with Gasteiger partial charge in [0.15, 0.2) is 0 Å². The summed E-state index contributed by atoms with van der Waals surface area (Å²) in [5.41, 5.74) is 2.19. The maximum Gasteiger partial charge on any atom is 0.261 e. The van der Waals surface area contributed by atoms with Crippen molar-refractivity contribution in [1.82, 2.24) is 9.97 Å². The Morgan fingerprint density at radius 3 is 2.80 bits per heavy atom. The molecule has 0 amide bonds. The Morgan fingerprint density at radius 2 is 2.20 bits per heavy atom. The molecule has 15 heavy (non-hydrogen) atoms. The summed E-state index contributed by atoms with van der Waals surface area (Å²) in [6, 6.07) is 2.98. The molecule has 1 aromatic carbocycles. The van der Waals surface area contributed by atoms with Gasteiger partial charge in [-0.2, -0.15) is 0 Å². The number of hydrogen-bond donors (Lipinski definition) is 1. The molecule has 0 saturated carbocycles. The molecular weight excluding hydrogens is 304 g/mol. The van der Waals surface area contributed by atoms with Gasteiger partial charge in [0.2, 0.25) is 0 Å². The highest BCUT2D eigenvalue weighted by Crippen LogP contribution is 2.24. The first kappa shape index (κ1) is 10.9. The van der Waals surface area contributed by atoms with Crippen LogP contribution in [0.4, 0.5) is 0 Å². The van der Waals surface area contributed by atoms with E-state index in [1.54, 1.807) is 0 Å². The van der Waals surface area contributed by atoms with E-state index in [-0.39, 0.29) is 4.90 Å². The maximum absolute atomic E-state index is 11.2. The number of aromatic nitrogens is 2. The molecule has 1 aromatic heterocycles. The number of alkyl halides is 1. The van der Waals surface area contributed by atoms with Crippen molar-refractivity contribution >= 4 is 46.7 Å². The molecule has 0 aliphatic carbocycles. The first-order valence-corrected chi connectivity index (χ1v) is 7.42. The van der Waals surface area contributed by atoms with Gasteiger partial charge in [-0.15, -0.1) is 0 Å². The molecule has 1 heterocycles. The Morgan fingerprint density at radius 1 is 1.47 bits per heavy atom. The summed E-state index contributed by atoms with van der Waals surface area (Å²) in [6.45, 7) is 0. The zero-order valence-electron chi connectivity index (χ0n) is 7.37. The summed E-state index contributed by atoms with van der Waals surface area (Å²) in [4.78, 5) is 7.02. The number of rotatable bonds is 2. The van der Waals surface area contributed by atoms with Gasteiger partial charge >= 0.3 is 0 Å². The number of benzene rings is 1. The monoisotopic (exact) mass is 308 g/mol. The minimum atomic E-state index is -3.70. The second kappa shape index (κ2) is 3.77. The average molecular weight is 310 g/mol. The van der Waals surface area contributed by atoms with Crippen molar-refractivity contribution in [2.45, 2.75) is 10.2 Å². The Hall–Kier alpha value is -0.590. The van der Waals surface area contributed by atoms with Crippen LogP contribution in [-0.2, 0) is 14.4 Å².